The molecule has 1 saturated carbocycles. The van der Waals surface area contributed by atoms with Crippen molar-refractivity contribution in [3.05, 3.63) is 92.9 Å². The molecule has 1 unspecified atom stereocenters. The molecule has 7 N–H and O–H groups in total. The fraction of sp³-hybridized carbons (Fsp3) is 0.518. The van der Waals surface area contributed by atoms with Crippen LogP contribution in [0.2, 0.25) is 0 Å². The summed E-state index contributed by atoms with van der Waals surface area (Å²) in [6.45, 7) is 3.77. The predicted molar refractivity (Wildman–Crippen MR) is 273 cm³/mol. The SMILES string of the molecule is CCCCCC(=O)NCC(=O)NCC(=O)N[C@@H](Cc1ccccc1)C(=O)NCC(=O)NCOCC1(C(=O)N[C@H]2CCc3c(C)c(F)cc4nc5c(c2c34)CCC2CCC(=O)C3=C(C=C52)[C@@](O)(CC)C(=O)OC3)CCC1. The van der Waals surface area contributed by atoms with Crippen molar-refractivity contribution in [2.24, 2.45) is 11.3 Å². The Morgan fingerprint density at radius 2 is 1.59 bits per heavy atom. The summed E-state index contributed by atoms with van der Waals surface area (Å²) >= 11 is 0. The number of benzene rings is 2. The minimum Gasteiger partial charge on any atom is -0.458 e. The van der Waals surface area contributed by atoms with Crippen LogP contribution in [0.3, 0.4) is 0 Å². The van der Waals surface area contributed by atoms with Crippen LogP contribution >= 0.6 is 0 Å². The van der Waals surface area contributed by atoms with Gasteiger partial charge in [-0.05, 0) is 110 Å². The number of ketones is 1. The Morgan fingerprint density at radius 1 is 0.880 bits per heavy atom. The zero-order valence-electron chi connectivity index (χ0n) is 43.0. The molecule has 2 heterocycles. The first-order valence-electron chi connectivity index (χ1n) is 26.4. The van der Waals surface area contributed by atoms with Gasteiger partial charge in [0.25, 0.3) is 0 Å². The summed E-state index contributed by atoms with van der Waals surface area (Å²) in [5.41, 5.74) is 3.22. The number of nitrogens with zero attached hydrogens (tertiary/aromatic N) is 1. The van der Waals surface area contributed by atoms with Gasteiger partial charge in [-0.1, -0.05) is 63.4 Å². The maximum atomic E-state index is 15.7. The number of aryl methyl sites for hydroxylation is 1. The van der Waals surface area contributed by atoms with E-state index in [1.165, 1.54) is 6.07 Å². The fourth-order valence-electron chi connectivity index (χ4n) is 11.1. The van der Waals surface area contributed by atoms with Gasteiger partial charge in [0.15, 0.2) is 11.4 Å². The second kappa shape index (κ2) is 23.8. The highest BCUT2D eigenvalue weighted by Gasteiger charge is 2.48. The van der Waals surface area contributed by atoms with Gasteiger partial charge in [-0.25, -0.2) is 14.2 Å². The third-order valence-corrected chi connectivity index (χ3v) is 15.7. The lowest BCUT2D eigenvalue weighted by Crippen LogP contribution is -2.52. The van der Waals surface area contributed by atoms with Crippen molar-refractivity contribution in [1.29, 1.82) is 0 Å². The summed E-state index contributed by atoms with van der Waals surface area (Å²) in [6.07, 6.45) is 9.51. The zero-order chi connectivity index (χ0) is 53.4. The summed E-state index contributed by atoms with van der Waals surface area (Å²) in [4.78, 5) is 110. The molecule has 0 spiro atoms. The van der Waals surface area contributed by atoms with E-state index in [4.69, 9.17) is 14.5 Å². The van der Waals surface area contributed by atoms with Gasteiger partial charge in [-0.2, -0.15) is 0 Å². The quantitative estimate of drug-likeness (QED) is 0.0454. The smallest absolute Gasteiger partial charge is 0.343 e. The molecule has 8 rings (SSSR count). The number of fused-ring (bicyclic) bond motifs is 4. The molecule has 1 aliphatic heterocycles. The average molecular weight is 1030 g/mol. The molecule has 19 heteroatoms. The fourth-order valence-corrected chi connectivity index (χ4v) is 11.1. The lowest BCUT2D eigenvalue weighted by atomic mass is 9.68. The maximum Gasteiger partial charge on any atom is 0.343 e. The van der Waals surface area contributed by atoms with E-state index in [-0.39, 0.29) is 80.4 Å². The first kappa shape index (κ1) is 54.4. The minimum absolute atomic E-state index is 0.00349. The first-order chi connectivity index (χ1) is 36.0. The number of unbranched alkanes of at least 4 members (excludes halogenated alkanes) is 2. The maximum absolute atomic E-state index is 15.7. The molecule has 400 valence electrons. The summed E-state index contributed by atoms with van der Waals surface area (Å²) in [5.74, 6) is -4.42. The van der Waals surface area contributed by atoms with Crippen LogP contribution in [0.5, 0.6) is 0 Å². The third-order valence-electron chi connectivity index (χ3n) is 15.7. The summed E-state index contributed by atoms with van der Waals surface area (Å²) in [5, 5.41) is 28.7. The molecule has 0 radical (unpaired) electrons. The van der Waals surface area contributed by atoms with Crippen LogP contribution in [0.1, 0.15) is 130 Å². The summed E-state index contributed by atoms with van der Waals surface area (Å²) in [6, 6.07) is 8.82. The number of hydrogen-bond donors (Lipinski definition) is 7. The summed E-state index contributed by atoms with van der Waals surface area (Å²) < 4.78 is 27.0. The number of amides is 6. The largest absolute Gasteiger partial charge is 0.458 e. The number of pyridine rings is 1. The Hall–Kier alpha value is -6.86. The number of halogens is 1. The summed E-state index contributed by atoms with van der Waals surface area (Å²) in [7, 11) is 0. The van der Waals surface area contributed by atoms with Crippen LogP contribution in [-0.2, 0) is 67.1 Å². The van der Waals surface area contributed by atoms with Gasteiger partial charge in [0, 0.05) is 41.9 Å². The number of esters is 1. The Morgan fingerprint density at radius 3 is 2.32 bits per heavy atom. The van der Waals surface area contributed by atoms with E-state index in [1.54, 1.807) is 44.2 Å². The van der Waals surface area contributed by atoms with Crippen molar-refractivity contribution in [2.75, 3.05) is 39.6 Å². The number of carbonyl (C=O) groups is 8. The Kier molecular flexibility index (Phi) is 17.2. The van der Waals surface area contributed by atoms with E-state index < -0.39 is 71.6 Å². The molecule has 2 aromatic carbocycles. The van der Waals surface area contributed by atoms with Crippen molar-refractivity contribution in [3.8, 4) is 0 Å². The molecule has 6 amide bonds. The molecule has 5 aliphatic rings. The lowest BCUT2D eigenvalue weighted by molar-refractivity contribution is -0.163. The van der Waals surface area contributed by atoms with E-state index in [0.29, 0.717) is 74.6 Å². The number of nitrogens with one attached hydrogen (secondary N) is 6. The number of carbonyl (C=O) groups excluding carboxylic acids is 8. The highest BCUT2D eigenvalue weighted by Crippen LogP contribution is 2.49. The third kappa shape index (κ3) is 12.0. The van der Waals surface area contributed by atoms with Gasteiger partial charge < -0.3 is 46.5 Å². The zero-order valence-corrected chi connectivity index (χ0v) is 43.0. The van der Waals surface area contributed by atoms with Crippen molar-refractivity contribution in [3.63, 3.8) is 0 Å². The van der Waals surface area contributed by atoms with Gasteiger partial charge in [-0.3, -0.25) is 33.6 Å². The predicted octanol–water partition coefficient (Wildman–Crippen LogP) is 4.01. The molecule has 75 heavy (non-hydrogen) atoms. The van der Waals surface area contributed by atoms with Gasteiger partial charge in [0.1, 0.15) is 25.2 Å². The van der Waals surface area contributed by atoms with Gasteiger partial charge >= 0.3 is 5.97 Å². The standard InChI is InChI=1S/C56H68FN7O11/c1-4-6-8-14-45(66)58-26-46(67)59-28-48(69)62-43(23-33-12-9-7-10-13-33)52(70)60-27-47(68)61-31-74-30-55(21-11-22-55)53(71)64-41-19-18-35-32(3)40(57)25-42-49(35)50(41)36-17-15-34-16-20-44(65)38-29-75-54(72)56(73,5-2)39(38)24-37(34)51(36)63-42/h7,9-10,12-13,24-25,34,41,43,73H,4-6,8,11,14-23,26-31H2,1-3H3,(H,58,66)(H,59,67)(H,60,70)(H,61,68)(H,62,69)(H,64,71)/t34?,41-,43-,56-/m0/s1. The monoisotopic (exact) mass is 1030 g/mol. The van der Waals surface area contributed by atoms with Crippen molar-refractivity contribution in [1.82, 2.24) is 36.9 Å². The van der Waals surface area contributed by atoms with Crippen molar-refractivity contribution in [2.45, 2.75) is 135 Å². The molecule has 1 fully saturated rings. The highest BCUT2D eigenvalue weighted by molar-refractivity contribution is 6.03. The van der Waals surface area contributed by atoms with Crippen LogP contribution in [-0.4, -0.2) is 109 Å². The van der Waals surface area contributed by atoms with E-state index in [9.17, 15) is 43.5 Å². The normalized spacial score (nSPS) is 20.8. The topological polar surface area (TPSA) is 260 Å². The Balaban J connectivity index is 0.901. The van der Waals surface area contributed by atoms with Gasteiger partial charge in [0.05, 0.1) is 48.9 Å². The van der Waals surface area contributed by atoms with Gasteiger partial charge in [-0.15, -0.1) is 0 Å². The molecule has 0 saturated heterocycles. The molecular formula is C56H68FN7O11. The van der Waals surface area contributed by atoms with Gasteiger partial charge in [0.2, 0.25) is 35.4 Å². The van der Waals surface area contributed by atoms with Crippen molar-refractivity contribution < 1.29 is 57.3 Å². The molecular weight excluding hydrogens is 966 g/mol. The number of rotatable bonds is 21. The van der Waals surface area contributed by atoms with Crippen LogP contribution in [0.25, 0.3) is 16.5 Å². The van der Waals surface area contributed by atoms with Crippen LogP contribution in [0.4, 0.5) is 4.39 Å². The number of allylic oxidation sites excluding steroid dienone is 1. The number of ether oxygens (including phenoxy) is 2. The van der Waals surface area contributed by atoms with Crippen LogP contribution < -0.4 is 31.9 Å². The second-order valence-corrected chi connectivity index (χ2v) is 20.5. The molecule has 4 aliphatic carbocycles. The van der Waals surface area contributed by atoms with E-state index in [1.807, 2.05) is 13.0 Å². The number of aliphatic hydroxyl groups is 1. The van der Waals surface area contributed by atoms with E-state index in [2.05, 4.69) is 31.9 Å². The molecule has 3 aromatic rings. The minimum atomic E-state index is -2.03. The molecule has 0 bridgehead atoms. The van der Waals surface area contributed by atoms with Crippen molar-refractivity contribution >= 4 is 63.7 Å². The first-order valence-corrected chi connectivity index (χ1v) is 26.4. The van der Waals surface area contributed by atoms with Crippen LogP contribution in [0, 0.1) is 24.1 Å². The second-order valence-electron chi connectivity index (χ2n) is 20.5. The average Bonchev–Trinajstić information content (AvgIpc) is 3.38. The number of hydrogen-bond acceptors (Lipinski definition) is 12. The number of cyclic esters (lactones) is 1. The van der Waals surface area contributed by atoms with Crippen LogP contribution in [0.15, 0.2) is 53.6 Å². The Bertz CT molecular complexity index is 2830. The molecule has 18 nitrogen and oxygen atoms in total. The Labute approximate surface area is 435 Å². The molecule has 1 aromatic heterocycles. The molecule has 4 atom stereocenters. The van der Waals surface area contributed by atoms with E-state index >= 15 is 4.39 Å². The number of aromatic nitrogens is 1. The lowest BCUT2D eigenvalue weighted by Gasteiger charge is -2.42. The van der Waals surface area contributed by atoms with E-state index in [0.717, 1.165) is 52.5 Å². The number of Topliss-reactive ketones (excluding diaryl/α,β-unsaturated/α-hetero) is 1. The highest BCUT2D eigenvalue weighted by atomic mass is 19.1.